The van der Waals surface area contributed by atoms with Crippen molar-refractivity contribution in [2.75, 3.05) is 26.7 Å². The van der Waals surface area contributed by atoms with E-state index in [9.17, 15) is 9.59 Å². The summed E-state index contributed by atoms with van der Waals surface area (Å²) in [4.78, 5) is 27.1. The van der Waals surface area contributed by atoms with Crippen molar-refractivity contribution in [3.05, 3.63) is 28.8 Å². The fraction of sp³-hybridized carbons (Fsp3) is 0.579. The molecule has 0 spiro atoms. The van der Waals surface area contributed by atoms with Gasteiger partial charge >= 0.3 is 5.97 Å². The van der Waals surface area contributed by atoms with Gasteiger partial charge in [0.1, 0.15) is 12.3 Å². The van der Waals surface area contributed by atoms with Gasteiger partial charge in [0.2, 0.25) is 5.91 Å². The maximum absolute atomic E-state index is 12.5. The minimum Gasteiger partial charge on any atom is -0.496 e. The van der Waals surface area contributed by atoms with Crippen molar-refractivity contribution in [1.29, 1.82) is 0 Å². The van der Waals surface area contributed by atoms with Crippen molar-refractivity contribution in [1.82, 2.24) is 9.80 Å². The van der Waals surface area contributed by atoms with Crippen molar-refractivity contribution in [2.24, 2.45) is 0 Å². The molecule has 1 aromatic carbocycles. The highest BCUT2D eigenvalue weighted by atomic mass is 16.5. The molecule has 1 unspecified atom stereocenters. The van der Waals surface area contributed by atoms with Crippen LogP contribution in [0.3, 0.4) is 0 Å². The summed E-state index contributed by atoms with van der Waals surface area (Å²) in [6.07, 6.45) is 1.57. The molecule has 6 nitrogen and oxygen atoms in total. The average Bonchev–Trinajstić information content (AvgIpc) is 2.93. The lowest BCUT2D eigenvalue weighted by Crippen LogP contribution is -2.45. The SMILES string of the molecule is COc1cc(C(C)C)cc2c1CN(C1CCN(CC(=O)O)C1=O)CC2. The second-order valence-corrected chi connectivity index (χ2v) is 7.19. The van der Waals surface area contributed by atoms with E-state index in [0.717, 1.165) is 24.3 Å². The van der Waals surface area contributed by atoms with Gasteiger partial charge in [-0.3, -0.25) is 14.5 Å². The first kappa shape index (κ1) is 17.7. The number of rotatable bonds is 5. The molecule has 0 aliphatic carbocycles. The molecule has 2 heterocycles. The quantitative estimate of drug-likeness (QED) is 0.881. The van der Waals surface area contributed by atoms with Crippen LogP contribution in [0.25, 0.3) is 0 Å². The minimum absolute atomic E-state index is 0.0661. The number of carbonyl (C=O) groups is 2. The fourth-order valence-corrected chi connectivity index (χ4v) is 3.84. The summed E-state index contributed by atoms with van der Waals surface area (Å²) in [5, 5.41) is 8.93. The van der Waals surface area contributed by atoms with Gasteiger partial charge in [0.25, 0.3) is 0 Å². The van der Waals surface area contributed by atoms with Crippen molar-refractivity contribution in [2.45, 2.75) is 45.2 Å². The van der Waals surface area contributed by atoms with Gasteiger partial charge in [-0.2, -0.15) is 0 Å². The average molecular weight is 346 g/mol. The van der Waals surface area contributed by atoms with Crippen molar-refractivity contribution >= 4 is 11.9 Å². The first-order valence-corrected chi connectivity index (χ1v) is 8.85. The van der Waals surface area contributed by atoms with Crippen molar-refractivity contribution in [3.63, 3.8) is 0 Å². The number of carboxylic acids is 1. The van der Waals surface area contributed by atoms with Gasteiger partial charge in [-0.25, -0.2) is 0 Å². The van der Waals surface area contributed by atoms with Gasteiger partial charge in [0.05, 0.1) is 13.2 Å². The monoisotopic (exact) mass is 346 g/mol. The van der Waals surface area contributed by atoms with Crippen LogP contribution in [0.2, 0.25) is 0 Å². The summed E-state index contributed by atoms with van der Waals surface area (Å²) in [5.41, 5.74) is 3.73. The first-order valence-electron chi connectivity index (χ1n) is 8.85. The molecule has 25 heavy (non-hydrogen) atoms. The first-order chi connectivity index (χ1) is 11.9. The Balaban J connectivity index is 1.79. The summed E-state index contributed by atoms with van der Waals surface area (Å²) < 4.78 is 5.62. The number of nitrogens with zero attached hydrogens (tertiary/aromatic N) is 2. The summed E-state index contributed by atoms with van der Waals surface area (Å²) in [6.45, 7) is 6.14. The Bertz CT molecular complexity index is 669. The number of carboxylic acid groups (broad SMARTS) is 1. The third kappa shape index (κ3) is 3.49. The van der Waals surface area contributed by atoms with Gasteiger partial charge < -0.3 is 14.7 Å². The summed E-state index contributed by atoms with van der Waals surface area (Å²) >= 11 is 0. The molecule has 1 aromatic rings. The number of ether oxygens (including phenoxy) is 1. The number of benzene rings is 1. The van der Waals surface area contributed by atoms with E-state index in [4.69, 9.17) is 9.84 Å². The second-order valence-electron chi connectivity index (χ2n) is 7.19. The third-order valence-corrected chi connectivity index (χ3v) is 5.28. The zero-order valence-corrected chi connectivity index (χ0v) is 15.1. The molecule has 2 aliphatic heterocycles. The molecule has 1 amide bonds. The van der Waals surface area contributed by atoms with Crippen LogP contribution in [-0.4, -0.2) is 59.6 Å². The van der Waals surface area contributed by atoms with Crippen LogP contribution < -0.4 is 4.74 Å². The molecule has 1 fully saturated rings. The zero-order chi connectivity index (χ0) is 18.1. The molecule has 2 aliphatic rings. The highest BCUT2D eigenvalue weighted by molar-refractivity contribution is 5.87. The number of hydrogen-bond donors (Lipinski definition) is 1. The number of amides is 1. The van der Waals surface area contributed by atoms with E-state index < -0.39 is 5.97 Å². The predicted molar refractivity (Wildman–Crippen MR) is 93.8 cm³/mol. The second kappa shape index (κ2) is 7.04. The molecule has 6 heteroatoms. The highest BCUT2D eigenvalue weighted by Gasteiger charge is 2.38. The minimum atomic E-state index is -0.958. The topological polar surface area (TPSA) is 70.1 Å². The van der Waals surface area contributed by atoms with E-state index in [1.54, 1.807) is 7.11 Å². The Kier molecular flexibility index (Phi) is 4.99. The smallest absolute Gasteiger partial charge is 0.323 e. The number of likely N-dealkylation sites (tertiary alicyclic amines) is 1. The molecule has 0 aromatic heterocycles. The van der Waals surface area contributed by atoms with Crippen LogP contribution in [-0.2, 0) is 22.6 Å². The van der Waals surface area contributed by atoms with Gasteiger partial charge in [0.15, 0.2) is 0 Å². The van der Waals surface area contributed by atoms with Gasteiger partial charge in [0, 0.05) is 25.2 Å². The molecule has 3 rings (SSSR count). The predicted octanol–water partition coefficient (Wildman–Crippen LogP) is 1.86. The number of carbonyl (C=O) groups excluding carboxylic acids is 1. The zero-order valence-electron chi connectivity index (χ0n) is 15.1. The van der Waals surface area contributed by atoms with Gasteiger partial charge in [-0.15, -0.1) is 0 Å². The Morgan fingerprint density at radius 3 is 2.76 bits per heavy atom. The molecule has 1 N–H and O–H groups in total. The van der Waals surface area contributed by atoms with Crippen LogP contribution in [0.5, 0.6) is 5.75 Å². The number of aliphatic carboxylic acids is 1. The van der Waals surface area contributed by atoms with Crippen LogP contribution in [0.4, 0.5) is 0 Å². The van der Waals surface area contributed by atoms with Crippen molar-refractivity contribution < 1.29 is 19.4 Å². The van der Waals surface area contributed by atoms with Gasteiger partial charge in [-0.1, -0.05) is 19.9 Å². The van der Waals surface area contributed by atoms with E-state index in [-0.39, 0.29) is 18.5 Å². The molecular formula is C19H26N2O4. The lowest BCUT2D eigenvalue weighted by atomic mass is 9.91. The highest BCUT2D eigenvalue weighted by Crippen LogP contribution is 2.34. The van der Waals surface area contributed by atoms with E-state index in [0.29, 0.717) is 25.4 Å². The van der Waals surface area contributed by atoms with Crippen LogP contribution in [0.1, 0.15) is 42.9 Å². The summed E-state index contributed by atoms with van der Waals surface area (Å²) in [5.74, 6) is 0.307. The maximum atomic E-state index is 12.5. The van der Waals surface area contributed by atoms with Crippen LogP contribution >= 0.6 is 0 Å². The van der Waals surface area contributed by atoms with Crippen LogP contribution in [0.15, 0.2) is 12.1 Å². The fourth-order valence-electron chi connectivity index (χ4n) is 3.84. The molecule has 1 atom stereocenters. The number of hydrogen-bond acceptors (Lipinski definition) is 4. The third-order valence-electron chi connectivity index (χ3n) is 5.28. The van der Waals surface area contributed by atoms with E-state index in [2.05, 4.69) is 30.9 Å². The van der Waals surface area contributed by atoms with Crippen molar-refractivity contribution in [3.8, 4) is 5.75 Å². The van der Waals surface area contributed by atoms with Gasteiger partial charge in [-0.05, 0) is 36.0 Å². The Hall–Kier alpha value is -2.08. The van der Waals surface area contributed by atoms with Crippen LogP contribution in [0, 0.1) is 0 Å². The molecule has 0 radical (unpaired) electrons. The summed E-state index contributed by atoms with van der Waals surface area (Å²) in [7, 11) is 1.69. The number of fused-ring (bicyclic) bond motifs is 1. The standard InChI is InChI=1S/C19H26N2O4/c1-12(2)14-8-13-4-6-20(10-15(13)17(9-14)25-3)16-5-7-21(19(16)24)11-18(22)23/h8-9,12,16H,4-7,10-11H2,1-3H3,(H,22,23). The number of methoxy groups -OCH3 is 1. The Morgan fingerprint density at radius 2 is 2.12 bits per heavy atom. The summed E-state index contributed by atoms with van der Waals surface area (Å²) in [6, 6.07) is 4.13. The van der Waals surface area contributed by atoms with E-state index in [1.165, 1.54) is 16.0 Å². The molecule has 0 saturated carbocycles. The normalized spacial score (nSPS) is 20.9. The maximum Gasteiger partial charge on any atom is 0.323 e. The molecule has 0 bridgehead atoms. The van der Waals surface area contributed by atoms with E-state index >= 15 is 0 Å². The Morgan fingerprint density at radius 1 is 1.36 bits per heavy atom. The molecular weight excluding hydrogens is 320 g/mol. The molecule has 136 valence electrons. The lowest BCUT2D eigenvalue weighted by molar-refractivity contribution is -0.144. The van der Waals surface area contributed by atoms with E-state index in [1.807, 2.05) is 0 Å². The molecule has 1 saturated heterocycles. The largest absolute Gasteiger partial charge is 0.496 e. The Labute approximate surface area is 148 Å². The lowest BCUT2D eigenvalue weighted by Gasteiger charge is -2.34.